The van der Waals surface area contributed by atoms with Crippen LogP contribution >= 0.6 is 0 Å². The molecule has 0 radical (unpaired) electrons. The summed E-state index contributed by atoms with van der Waals surface area (Å²) >= 11 is 0. The molecule has 0 saturated carbocycles. The fourth-order valence-electron chi connectivity index (χ4n) is 3.35. The molecule has 0 fully saturated rings. The first-order valence-electron chi connectivity index (χ1n) is 10.5. The Kier molecular flexibility index (Phi) is 7.00. The quantitative estimate of drug-likeness (QED) is 0.229. The van der Waals surface area contributed by atoms with E-state index < -0.39 is 18.0 Å². The van der Waals surface area contributed by atoms with Gasteiger partial charge in [0.25, 0.3) is 0 Å². The van der Waals surface area contributed by atoms with Gasteiger partial charge in [0.1, 0.15) is 12.3 Å². The number of alkyl halides is 3. The summed E-state index contributed by atoms with van der Waals surface area (Å²) in [6, 6.07) is 14.4. The smallest absolute Gasteiger partial charge is 0.485 e. The van der Waals surface area contributed by atoms with E-state index in [4.69, 9.17) is 9.47 Å². The lowest BCUT2D eigenvalue weighted by atomic mass is 10.0. The highest BCUT2D eigenvalue weighted by Gasteiger charge is 2.32. The van der Waals surface area contributed by atoms with Gasteiger partial charge in [0.15, 0.2) is 11.5 Å². The fraction of sp³-hybridized carbons (Fsp3) is 0.120. The Balaban J connectivity index is 1.62. The summed E-state index contributed by atoms with van der Waals surface area (Å²) in [5.41, 5.74) is 2.20. The molecule has 0 atom stereocenters. The molecule has 0 aliphatic rings. The number of ether oxygens (including phenoxy) is 2. The van der Waals surface area contributed by atoms with E-state index in [9.17, 15) is 23.1 Å². The summed E-state index contributed by atoms with van der Waals surface area (Å²) < 4.78 is 49.6. The number of rotatable bonds is 7. The number of nitrogens with zero attached hydrogens (tertiary/aromatic N) is 3. The summed E-state index contributed by atoms with van der Waals surface area (Å²) in [5.74, 6) is -0.00934. The van der Waals surface area contributed by atoms with Crippen molar-refractivity contribution < 1.29 is 32.5 Å². The normalized spacial score (nSPS) is 11.1. The van der Waals surface area contributed by atoms with Crippen molar-refractivity contribution in [2.24, 2.45) is 0 Å². The number of anilines is 2. The molecule has 8 nitrogen and oxygen atoms in total. The fourth-order valence-corrected chi connectivity index (χ4v) is 3.35. The van der Waals surface area contributed by atoms with Gasteiger partial charge in [0.2, 0.25) is 5.95 Å². The third-order valence-electron chi connectivity index (χ3n) is 4.87. The van der Waals surface area contributed by atoms with Crippen molar-refractivity contribution in [3.63, 3.8) is 0 Å². The van der Waals surface area contributed by atoms with Crippen molar-refractivity contribution in [1.29, 1.82) is 0 Å². The van der Waals surface area contributed by atoms with Crippen LogP contribution in [0.2, 0.25) is 0 Å². The first kappa shape index (κ1) is 24.5. The Hall–Kier alpha value is -4.67. The molecular formula is C25H19F3N4O4. The number of benzene rings is 2. The largest absolute Gasteiger partial charge is 0.511 e. The molecule has 0 saturated heterocycles. The molecule has 0 bridgehead atoms. The molecule has 2 aromatic heterocycles. The molecule has 0 aliphatic carbocycles. The van der Waals surface area contributed by atoms with E-state index in [1.807, 2.05) is 19.1 Å². The minimum Gasteiger partial charge on any atom is -0.485 e. The minimum absolute atomic E-state index is 0.0129. The van der Waals surface area contributed by atoms with Gasteiger partial charge < -0.3 is 19.9 Å². The van der Waals surface area contributed by atoms with E-state index in [0.717, 1.165) is 23.4 Å². The molecule has 0 unspecified atom stereocenters. The second-order valence-corrected chi connectivity index (χ2v) is 7.66. The molecule has 2 aromatic carbocycles. The first-order chi connectivity index (χ1) is 17.2. The average Bonchev–Trinajstić information content (AvgIpc) is 2.83. The molecule has 11 heteroatoms. The lowest BCUT2D eigenvalue weighted by Gasteiger charge is -2.14. The molecular weight excluding hydrogens is 477 g/mol. The van der Waals surface area contributed by atoms with E-state index >= 15 is 0 Å². The van der Waals surface area contributed by atoms with Crippen LogP contribution in [0.4, 0.5) is 29.6 Å². The predicted octanol–water partition coefficient (Wildman–Crippen LogP) is 6.25. The number of nitrogens with one attached hydrogen (secondary N) is 1. The van der Waals surface area contributed by atoms with Crippen molar-refractivity contribution in [3.8, 4) is 22.6 Å². The highest BCUT2D eigenvalue weighted by atomic mass is 19.4. The number of aryl methyl sites for hydroxylation is 1. The van der Waals surface area contributed by atoms with Gasteiger partial charge in [0.05, 0.1) is 0 Å². The maximum absolute atomic E-state index is 13.0. The van der Waals surface area contributed by atoms with Crippen molar-refractivity contribution in [1.82, 2.24) is 15.0 Å². The number of aromatic nitrogens is 3. The highest BCUT2D eigenvalue weighted by molar-refractivity contribution is 5.74. The van der Waals surface area contributed by atoms with E-state index in [1.165, 1.54) is 6.07 Å². The SMILES string of the molecule is Cc1cc(Nc2nccc(C(F)(F)F)n2)cc(-c2ccc(OCc3cccnc3)c(OC(=O)O)c2)c1. The monoisotopic (exact) mass is 496 g/mol. The lowest BCUT2D eigenvalue weighted by Crippen LogP contribution is -2.10. The van der Waals surface area contributed by atoms with Gasteiger partial charge in [-0.3, -0.25) is 4.98 Å². The Morgan fingerprint density at radius 2 is 1.86 bits per heavy atom. The van der Waals surface area contributed by atoms with Crippen LogP contribution in [0.15, 0.2) is 73.2 Å². The minimum atomic E-state index is -4.60. The number of carboxylic acid groups (broad SMARTS) is 1. The van der Waals surface area contributed by atoms with Crippen LogP contribution in [0.25, 0.3) is 11.1 Å². The number of pyridine rings is 1. The summed E-state index contributed by atoms with van der Waals surface area (Å²) in [5, 5.41) is 12.0. The summed E-state index contributed by atoms with van der Waals surface area (Å²) in [6.45, 7) is 1.96. The van der Waals surface area contributed by atoms with Gasteiger partial charge in [-0.05, 0) is 60.0 Å². The van der Waals surface area contributed by atoms with Gasteiger partial charge in [-0.1, -0.05) is 18.2 Å². The molecule has 0 aliphatic heterocycles. The Labute approximate surface area is 203 Å². The number of halogens is 3. The van der Waals surface area contributed by atoms with Gasteiger partial charge in [-0.25, -0.2) is 14.8 Å². The van der Waals surface area contributed by atoms with Crippen LogP contribution in [-0.2, 0) is 12.8 Å². The predicted molar refractivity (Wildman–Crippen MR) is 124 cm³/mol. The van der Waals surface area contributed by atoms with Crippen molar-refractivity contribution in [2.75, 3.05) is 5.32 Å². The number of hydrogen-bond acceptors (Lipinski definition) is 7. The zero-order chi connectivity index (χ0) is 25.7. The first-order valence-corrected chi connectivity index (χ1v) is 10.5. The van der Waals surface area contributed by atoms with Crippen LogP contribution < -0.4 is 14.8 Å². The van der Waals surface area contributed by atoms with E-state index in [0.29, 0.717) is 16.8 Å². The van der Waals surface area contributed by atoms with Crippen LogP contribution in [0.1, 0.15) is 16.8 Å². The molecule has 2 N–H and O–H groups in total. The van der Waals surface area contributed by atoms with Crippen LogP contribution in [0.5, 0.6) is 11.5 Å². The van der Waals surface area contributed by atoms with E-state index in [2.05, 4.69) is 20.3 Å². The molecule has 36 heavy (non-hydrogen) atoms. The standard InChI is InChI=1S/C25H19F3N4O4/c1-15-9-18(11-19(10-15)31-23-30-8-6-22(32-23)25(26,27)28)17-4-5-20(21(12-17)36-24(33)34)35-14-16-3-2-7-29-13-16/h2-13H,14H2,1H3,(H,33,34)(H,30,31,32). The molecule has 2 heterocycles. The lowest BCUT2D eigenvalue weighted by molar-refractivity contribution is -0.141. The Bertz CT molecular complexity index is 1380. The van der Waals surface area contributed by atoms with Crippen LogP contribution in [-0.4, -0.2) is 26.2 Å². The second kappa shape index (κ2) is 10.3. The van der Waals surface area contributed by atoms with Crippen LogP contribution in [0.3, 0.4) is 0 Å². The zero-order valence-electron chi connectivity index (χ0n) is 18.8. The molecule has 4 aromatic rings. The molecule has 4 rings (SSSR count). The van der Waals surface area contributed by atoms with Gasteiger partial charge in [-0.15, -0.1) is 0 Å². The number of hydrogen-bond donors (Lipinski definition) is 2. The van der Waals surface area contributed by atoms with Crippen molar-refractivity contribution in [3.05, 3.63) is 90.0 Å². The maximum atomic E-state index is 13.0. The second-order valence-electron chi connectivity index (χ2n) is 7.66. The number of carbonyl (C=O) groups is 1. The van der Waals surface area contributed by atoms with E-state index in [1.54, 1.807) is 42.7 Å². The van der Waals surface area contributed by atoms with Crippen molar-refractivity contribution >= 4 is 17.8 Å². The zero-order valence-corrected chi connectivity index (χ0v) is 18.8. The summed E-state index contributed by atoms with van der Waals surface area (Å²) in [7, 11) is 0. The van der Waals surface area contributed by atoms with Crippen molar-refractivity contribution in [2.45, 2.75) is 19.7 Å². The maximum Gasteiger partial charge on any atom is 0.511 e. The highest BCUT2D eigenvalue weighted by Crippen LogP contribution is 2.35. The van der Waals surface area contributed by atoms with Gasteiger partial charge >= 0.3 is 12.3 Å². The third-order valence-corrected chi connectivity index (χ3v) is 4.87. The van der Waals surface area contributed by atoms with Gasteiger partial charge in [0, 0.05) is 29.8 Å². The third kappa shape index (κ3) is 6.26. The molecule has 0 spiro atoms. The Morgan fingerprint density at radius 1 is 1.03 bits per heavy atom. The summed E-state index contributed by atoms with van der Waals surface area (Å²) in [6.07, 6.45) is -1.83. The Morgan fingerprint density at radius 3 is 2.58 bits per heavy atom. The van der Waals surface area contributed by atoms with Crippen LogP contribution in [0, 0.1) is 6.92 Å². The topological polar surface area (TPSA) is 106 Å². The summed E-state index contributed by atoms with van der Waals surface area (Å²) in [4.78, 5) is 22.6. The molecule has 0 amide bonds. The average molecular weight is 496 g/mol. The molecule has 184 valence electrons. The van der Waals surface area contributed by atoms with Gasteiger partial charge in [-0.2, -0.15) is 13.2 Å². The van der Waals surface area contributed by atoms with E-state index in [-0.39, 0.29) is 24.1 Å².